The summed E-state index contributed by atoms with van der Waals surface area (Å²) in [7, 11) is 0. The lowest BCUT2D eigenvalue weighted by molar-refractivity contribution is 0.0793. The summed E-state index contributed by atoms with van der Waals surface area (Å²) in [6.45, 7) is 2.25. The van der Waals surface area contributed by atoms with Crippen LogP contribution >= 0.6 is 0 Å². The summed E-state index contributed by atoms with van der Waals surface area (Å²) in [5, 5.41) is 7.24. The Kier molecular flexibility index (Phi) is 3.73. The number of anilines is 1. The monoisotopic (exact) mass is 312 g/mol. The van der Waals surface area contributed by atoms with Crippen LogP contribution in [0, 0.1) is 0 Å². The molecule has 1 aliphatic carbocycles. The standard InChI is InChI=1S/C17H20N4O2/c22-17(21-9-1-2-10-21)13-5-7-14(8-6-13)18-11-15-19-16(20-23-15)12-3-4-12/h5-8,12,18H,1-4,9-11H2. The van der Waals surface area contributed by atoms with Gasteiger partial charge in [0.2, 0.25) is 5.89 Å². The quantitative estimate of drug-likeness (QED) is 0.919. The fourth-order valence-corrected chi connectivity index (χ4v) is 2.86. The van der Waals surface area contributed by atoms with Crippen LogP contribution in [0.25, 0.3) is 0 Å². The molecule has 6 nitrogen and oxygen atoms in total. The molecule has 0 bridgehead atoms. The van der Waals surface area contributed by atoms with E-state index < -0.39 is 0 Å². The Morgan fingerprint density at radius 1 is 1.22 bits per heavy atom. The number of likely N-dealkylation sites (tertiary alicyclic amines) is 1. The van der Waals surface area contributed by atoms with E-state index in [4.69, 9.17) is 4.52 Å². The molecule has 120 valence electrons. The Balaban J connectivity index is 1.34. The first-order valence-corrected chi connectivity index (χ1v) is 8.25. The molecule has 1 amide bonds. The molecule has 23 heavy (non-hydrogen) atoms. The van der Waals surface area contributed by atoms with Gasteiger partial charge in [-0.3, -0.25) is 4.79 Å². The van der Waals surface area contributed by atoms with Gasteiger partial charge in [-0.15, -0.1) is 0 Å². The van der Waals surface area contributed by atoms with Crippen LogP contribution in [-0.2, 0) is 6.54 Å². The lowest BCUT2D eigenvalue weighted by atomic mass is 10.2. The molecule has 2 fully saturated rings. The van der Waals surface area contributed by atoms with E-state index in [1.54, 1.807) is 0 Å². The Morgan fingerprint density at radius 3 is 2.65 bits per heavy atom. The highest BCUT2D eigenvalue weighted by Crippen LogP contribution is 2.38. The molecule has 2 aliphatic rings. The van der Waals surface area contributed by atoms with E-state index in [-0.39, 0.29) is 5.91 Å². The summed E-state index contributed by atoms with van der Waals surface area (Å²) >= 11 is 0. The van der Waals surface area contributed by atoms with Crippen LogP contribution in [-0.4, -0.2) is 34.0 Å². The third kappa shape index (κ3) is 3.21. The fraction of sp³-hybridized carbons (Fsp3) is 0.471. The number of hydrogen-bond donors (Lipinski definition) is 1. The number of nitrogens with zero attached hydrogens (tertiary/aromatic N) is 3. The van der Waals surface area contributed by atoms with Gasteiger partial charge in [0, 0.05) is 30.3 Å². The van der Waals surface area contributed by atoms with Crippen molar-refractivity contribution in [2.24, 2.45) is 0 Å². The number of carbonyl (C=O) groups is 1. The minimum atomic E-state index is 0.125. The van der Waals surface area contributed by atoms with Crippen molar-refractivity contribution in [1.82, 2.24) is 15.0 Å². The fourth-order valence-electron chi connectivity index (χ4n) is 2.86. The molecular formula is C17H20N4O2. The molecule has 6 heteroatoms. The second kappa shape index (κ2) is 6.02. The van der Waals surface area contributed by atoms with E-state index >= 15 is 0 Å². The van der Waals surface area contributed by atoms with Crippen molar-refractivity contribution in [1.29, 1.82) is 0 Å². The molecule has 1 saturated carbocycles. The molecule has 1 aromatic carbocycles. The highest BCUT2D eigenvalue weighted by atomic mass is 16.5. The molecule has 0 unspecified atom stereocenters. The van der Waals surface area contributed by atoms with Gasteiger partial charge in [-0.25, -0.2) is 0 Å². The van der Waals surface area contributed by atoms with Gasteiger partial charge in [-0.1, -0.05) is 5.16 Å². The minimum absolute atomic E-state index is 0.125. The normalized spacial score (nSPS) is 17.5. The largest absolute Gasteiger partial charge is 0.376 e. The van der Waals surface area contributed by atoms with Gasteiger partial charge < -0.3 is 14.7 Å². The van der Waals surface area contributed by atoms with Crippen LogP contribution in [0.4, 0.5) is 5.69 Å². The van der Waals surface area contributed by atoms with Crippen molar-refractivity contribution in [2.45, 2.75) is 38.1 Å². The lowest BCUT2D eigenvalue weighted by Crippen LogP contribution is -2.27. The van der Waals surface area contributed by atoms with Gasteiger partial charge in [-0.05, 0) is 49.9 Å². The summed E-state index contributed by atoms with van der Waals surface area (Å²) in [5.41, 5.74) is 1.68. The van der Waals surface area contributed by atoms with Crippen LogP contribution < -0.4 is 5.32 Å². The van der Waals surface area contributed by atoms with E-state index in [1.807, 2.05) is 29.2 Å². The molecular weight excluding hydrogens is 292 g/mol. The molecule has 0 spiro atoms. The summed E-state index contributed by atoms with van der Waals surface area (Å²) in [5.74, 6) is 2.06. The third-order valence-corrected chi connectivity index (χ3v) is 4.40. The Bertz CT molecular complexity index is 685. The Hall–Kier alpha value is -2.37. The number of benzene rings is 1. The average Bonchev–Trinajstić information content (AvgIpc) is 3.11. The van der Waals surface area contributed by atoms with Gasteiger partial charge in [0.25, 0.3) is 5.91 Å². The molecule has 2 heterocycles. The molecule has 1 aliphatic heterocycles. The minimum Gasteiger partial charge on any atom is -0.376 e. The van der Waals surface area contributed by atoms with Gasteiger partial charge >= 0.3 is 0 Å². The van der Waals surface area contributed by atoms with Crippen LogP contribution in [0.15, 0.2) is 28.8 Å². The zero-order valence-corrected chi connectivity index (χ0v) is 13.0. The first-order chi connectivity index (χ1) is 11.3. The molecule has 1 aromatic heterocycles. The van der Waals surface area contributed by atoms with E-state index in [2.05, 4.69) is 15.5 Å². The van der Waals surface area contributed by atoms with Gasteiger partial charge in [-0.2, -0.15) is 4.98 Å². The van der Waals surface area contributed by atoms with Crippen LogP contribution in [0.3, 0.4) is 0 Å². The zero-order chi connectivity index (χ0) is 15.6. The Morgan fingerprint density at radius 2 is 1.96 bits per heavy atom. The maximum atomic E-state index is 12.3. The number of carbonyl (C=O) groups excluding carboxylic acids is 1. The molecule has 4 rings (SSSR count). The number of hydrogen-bond acceptors (Lipinski definition) is 5. The Labute approximate surface area is 134 Å². The smallest absolute Gasteiger partial charge is 0.253 e. The number of amides is 1. The molecule has 0 radical (unpaired) electrons. The van der Waals surface area contributed by atoms with E-state index in [1.165, 1.54) is 12.8 Å². The van der Waals surface area contributed by atoms with Crippen molar-refractivity contribution in [2.75, 3.05) is 18.4 Å². The molecule has 1 saturated heterocycles. The highest BCUT2D eigenvalue weighted by molar-refractivity contribution is 5.94. The van der Waals surface area contributed by atoms with Crippen molar-refractivity contribution in [3.63, 3.8) is 0 Å². The topological polar surface area (TPSA) is 71.3 Å². The van der Waals surface area contributed by atoms with Crippen LogP contribution in [0.2, 0.25) is 0 Å². The molecule has 2 aromatic rings. The van der Waals surface area contributed by atoms with Crippen LogP contribution in [0.5, 0.6) is 0 Å². The molecule has 1 N–H and O–H groups in total. The number of rotatable bonds is 5. The predicted molar refractivity (Wildman–Crippen MR) is 85.2 cm³/mol. The predicted octanol–water partition coefficient (Wildman–Crippen LogP) is 2.80. The van der Waals surface area contributed by atoms with Crippen molar-refractivity contribution in [3.05, 3.63) is 41.5 Å². The van der Waals surface area contributed by atoms with Crippen molar-refractivity contribution >= 4 is 11.6 Å². The lowest BCUT2D eigenvalue weighted by Gasteiger charge is -2.15. The maximum absolute atomic E-state index is 12.3. The second-order valence-electron chi connectivity index (χ2n) is 6.25. The van der Waals surface area contributed by atoms with Gasteiger partial charge in [0.1, 0.15) is 0 Å². The second-order valence-corrected chi connectivity index (χ2v) is 6.25. The van der Waals surface area contributed by atoms with Crippen LogP contribution in [0.1, 0.15) is 53.7 Å². The summed E-state index contributed by atoms with van der Waals surface area (Å²) in [6, 6.07) is 7.57. The van der Waals surface area contributed by atoms with Gasteiger partial charge in [0.15, 0.2) is 5.82 Å². The average molecular weight is 312 g/mol. The third-order valence-electron chi connectivity index (χ3n) is 4.40. The number of nitrogens with one attached hydrogen (secondary N) is 1. The molecule has 0 atom stereocenters. The van der Waals surface area contributed by atoms with Crippen molar-refractivity contribution in [3.8, 4) is 0 Å². The summed E-state index contributed by atoms with van der Waals surface area (Å²) < 4.78 is 5.23. The van der Waals surface area contributed by atoms with E-state index in [0.29, 0.717) is 18.4 Å². The summed E-state index contributed by atoms with van der Waals surface area (Å²) in [4.78, 5) is 18.6. The maximum Gasteiger partial charge on any atom is 0.253 e. The zero-order valence-electron chi connectivity index (χ0n) is 13.0. The van der Waals surface area contributed by atoms with E-state index in [9.17, 15) is 4.79 Å². The van der Waals surface area contributed by atoms with Crippen molar-refractivity contribution < 1.29 is 9.32 Å². The first-order valence-electron chi connectivity index (χ1n) is 8.25. The number of aromatic nitrogens is 2. The van der Waals surface area contributed by atoms with Gasteiger partial charge in [0.05, 0.1) is 6.54 Å². The highest BCUT2D eigenvalue weighted by Gasteiger charge is 2.28. The SMILES string of the molecule is O=C(c1ccc(NCc2nc(C3CC3)no2)cc1)N1CCCC1. The summed E-state index contributed by atoms with van der Waals surface area (Å²) in [6.07, 6.45) is 4.55. The van der Waals surface area contributed by atoms with E-state index in [0.717, 1.165) is 43.0 Å². The first kappa shape index (κ1) is 14.2.